The lowest BCUT2D eigenvalue weighted by atomic mass is 10.1. The van der Waals surface area contributed by atoms with Crippen LogP contribution in [0.25, 0.3) is 5.52 Å². The normalized spacial score (nSPS) is 11.4. The Balaban J connectivity index is 2.32. The SMILES string of the molecule is CC(C)c1cn(Cc2cccc(Cl)c2)c(=O)c2c(O)c(=O)c(Br)cn12. The van der Waals surface area contributed by atoms with E-state index in [1.165, 1.54) is 10.8 Å². The van der Waals surface area contributed by atoms with Gasteiger partial charge in [0.15, 0.2) is 11.3 Å². The van der Waals surface area contributed by atoms with Crippen molar-refractivity contribution in [2.75, 3.05) is 0 Å². The fourth-order valence-corrected chi connectivity index (χ4v) is 3.38. The predicted molar refractivity (Wildman–Crippen MR) is 102 cm³/mol. The Kier molecular flexibility index (Phi) is 4.75. The molecule has 2 aromatic heterocycles. The van der Waals surface area contributed by atoms with Crippen molar-refractivity contribution in [3.05, 3.63) is 78.0 Å². The Bertz CT molecular complexity index is 1090. The first kappa shape index (κ1) is 17.8. The van der Waals surface area contributed by atoms with Crippen LogP contribution in [0, 0.1) is 0 Å². The Morgan fingerprint density at radius 2 is 1.96 bits per heavy atom. The molecule has 7 heteroatoms. The van der Waals surface area contributed by atoms with Crippen molar-refractivity contribution in [3.63, 3.8) is 0 Å². The van der Waals surface area contributed by atoms with Crippen LogP contribution >= 0.6 is 27.5 Å². The molecule has 2 heterocycles. The van der Waals surface area contributed by atoms with Crippen LogP contribution in [0.2, 0.25) is 5.02 Å². The molecule has 0 saturated carbocycles. The summed E-state index contributed by atoms with van der Waals surface area (Å²) in [6.07, 6.45) is 3.27. The summed E-state index contributed by atoms with van der Waals surface area (Å²) in [7, 11) is 0. The molecule has 0 spiro atoms. The summed E-state index contributed by atoms with van der Waals surface area (Å²) in [4.78, 5) is 24.9. The smallest absolute Gasteiger partial charge is 0.279 e. The van der Waals surface area contributed by atoms with Crippen molar-refractivity contribution in [3.8, 4) is 5.75 Å². The molecule has 5 nitrogen and oxygen atoms in total. The number of pyridine rings is 1. The highest BCUT2D eigenvalue weighted by atomic mass is 79.9. The summed E-state index contributed by atoms with van der Waals surface area (Å²) < 4.78 is 3.27. The number of rotatable bonds is 3. The van der Waals surface area contributed by atoms with Crippen LogP contribution in [-0.4, -0.2) is 14.1 Å². The number of aromatic hydroxyl groups is 1. The first-order chi connectivity index (χ1) is 11.8. The Morgan fingerprint density at radius 3 is 2.60 bits per heavy atom. The molecule has 0 amide bonds. The van der Waals surface area contributed by atoms with Crippen molar-refractivity contribution in [1.29, 1.82) is 0 Å². The van der Waals surface area contributed by atoms with Crippen LogP contribution < -0.4 is 11.0 Å². The van der Waals surface area contributed by atoms with Crippen molar-refractivity contribution in [2.45, 2.75) is 26.3 Å². The van der Waals surface area contributed by atoms with Gasteiger partial charge in [-0.25, -0.2) is 0 Å². The standard InChI is InChI=1S/C18H16BrClN2O3/c1-10(2)14-9-21(7-11-4-3-5-12(20)6-11)18(25)15-17(24)16(23)13(19)8-22(14)15/h3-6,8-10,24H,7H2,1-2H3. The minimum Gasteiger partial charge on any atom is -0.503 e. The summed E-state index contributed by atoms with van der Waals surface area (Å²) in [5, 5.41) is 10.8. The third-order valence-electron chi connectivity index (χ3n) is 4.00. The molecule has 0 radical (unpaired) electrons. The molecule has 0 aliphatic rings. The first-order valence-electron chi connectivity index (χ1n) is 7.71. The van der Waals surface area contributed by atoms with Gasteiger partial charge in [0, 0.05) is 23.1 Å². The van der Waals surface area contributed by atoms with Gasteiger partial charge in [0.25, 0.3) is 5.56 Å². The molecule has 25 heavy (non-hydrogen) atoms. The topological polar surface area (TPSA) is 63.7 Å². The second-order valence-electron chi connectivity index (χ2n) is 6.15. The Morgan fingerprint density at radius 1 is 1.24 bits per heavy atom. The summed E-state index contributed by atoms with van der Waals surface area (Å²) in [6.45, 7) is 4.25. The van der Waals surface area contributed by atoms with Crippen LogP contribution in [0.4, 0.5) is 0 Å². The highest BCUT2D eigenvalue weighted by Crippen LogP contribution is 2.21. The molecule has 1 aromatic carbocycles. The van der Waals surface area contributed by atoms with E-state index in [9.17, 15) is 14.7 Å². The van der Waals surface area contributed by atoms with E-state index in [4.69, 9.17) is 11.6 Å². The molecule has 0 atom stereocenters. The number of nitrogens with zero attached hydrogens (tertiary/aromatic N) is 2. The first-order valence-corrected chi connectivity index (χ1v) is 8.88. The molecule has 3 rings (SSSR count). The van der Waals surface area contributed by atoms with Crippen molar-refractivity contribution >= 4 is 33.0 Å². The lowest BCUT2D eigenvalue weighted by molar-refractivity contribution is 0.470. The highest BCUT2D eigenvalue weighted by molar-refractivity contribution is 9.10. The van der Waals surface area contributed by atoms with Gasteiger partial charge in [0.1, 0.15) is 0 Å². The van der Waals surface area contributed by atoms with E-state index in [0.717, 1.165) is 11.3 Å². The van der Waals surface area contributed by atoms with Gasteiger partial charge in [-0.15, -0.1) is 0 Å². The summed E-state index contributed by atoms with van der Waals surface area (Å²) in [6, 6.07) is 7.22. The maximum Gasteiger partial charge on any atom is 0.279 e. The third-order valence-corrected chi connectivity index (χ3v) is 4.80. The van der Waals surface area contributed by atoms with Crippen molar-refractivity contribution in [1.82, 2.24) is 8.97 Å². The maximum absolute atomic E-state index is 12.9. The minimum absolute atomic E-state index is 0.0265. The summed E-state index contributed by atoms with van der Waals surface area (Å²) >= 11 is 9.15. The zero-order chi connectivity index (χ0) is 18.3. The Hall–Kier alpha value is -2.05. The molecule has 0 fully saturated rings. The van der Waals surface area contributed by atoms with Crippen molar-refractivity contribution < 1.29 is 5.11 Å². The average Bonchev–Trinajstić information content (AvgIpc) is 2.54. The zero-order valence-corrected chi connectivity index (χ0v) is 16.0. The van der Waals surface area contributed by atoms with Gasteiger partial charge >= 0.3 is 0 Å². The molecule has 0 aliphatic heterocycles. The molecule has 0 unspecified atom stereocenters. The average molecular weight is 424 g/mol. The predicted octanol–water partition coefficient (Wildman–Crippen LogP) is 3.75. The molecular formula is C18H16BrClN2O3. The minimum atomic E-state index is -0.604. The third kappa shape index (κ3) is 3.24. The van der Waals surface area contributed by atoms with Gasteiger partial charge in [-0.2, -0.15) is 0 Å². The molecule has 3 aromatic rings. The fourth-order valence-electron chi connectivity index (χ4n) is 2.77. The summed E-state index contributed by atoms with van der Waals surface area (Å²) in [5.74, 6) is -0.482. The van der Waals surface area contributed by atoms with Crippen LogP contribution in [0.3, 0.4) is 0 Å². The quantitative estimate of drug-likeness (QED) is 0.698. The number of hydrogen-bond acceptors (Lipinski definition) is 3. The van der Waals surface area contributed by atoms with Crippen LogP contribution in [-0.2, 0) is 6.54 Å². The van der Waals surface area contributed by atoms with Gasteiger partial charge in [0.2, 0.25) is 5.43 Å². The molecule has 0 bridgehead atoms. The van der Waals surface area contributed by atoms with E-state index in [2.05, 4.69) is 15.9 Å². The van der Waals surface area contributed by atoms with Gasteiger partial charge in [-0.1, -0.05) is 37.6 Å². The molecule has 0 saturated heterocycles. The highest BCUT2D eigenvalue weighted by Gasteiger charge is 2.18. The van der Waals surface area contributed by atoms with Crippen LogP contribution in [0.5, 0.6) is 5.75 Å². The van der Waals surface area contributed by atoms with E-state index in [1.54, 1.807) is 22.7 Å². The van der Waals surface area contributed by atoms with Crippen LogP contribution in [0.1, 0.15) is 31.0 Å². The van der Waals surface area contributed by atoms with Gasteiger partial charge in [-0.3, -0.25) is 9.59 Å². The number of halogens is 2. The summed E-state index contributed by atoms with van der Waals surface area (Å²) in [5.41, 5.74) is 0.584. The molecule has 130 valence electrons. The molecular weight excluding hydrogens is 408 g/mol. The largest absolute Gasteiger partial charge is 0.503 e. The Labute approximate surface area is 157 Å². The van der Waals surface area contributed by atoms with E-state index in [1.807, 2.05) is 26.0 Å². The number of hydrogen-bond donors (Lipinski definition) is 1. The zero-order valence-electron chi connectivity index (χ0n) is 13.7. The lowest BCUT2D eigenvalue weighted by Crippen LogP contribution is -2.27. The fraction of sp³-hybridized carbons (Fsp3) is 0.222. The second-order valence-corrected chi connectivity index (χ2v) is 7.44. The molecule has 0 aliphatic carbocycles. The van der Waals surface area contributed by atoms with Gasteiger partial charge in [0.05, 0.1) is 11.0 Å². The lowest BCUT2D eigenvalue weighted by Gasteiger charge is -2.17. The maximum atomic E-state index is 12.9. The second kappa shape index (κ2) is 6.69. The van der Waals surface area contributed by atoms with E-state index in [-0.39, 0.29) is 15.9 Å². The van der Waals surface area contributed by atoms with E-state index in [0.29, 0.717) is 11.6 Å². The number of aromatic nitrogens is 2. The number of benzene rings is 1. The monoisotopic (exact) mass is 422 g/mol. The number of fused-ring (bicyclic) bond motifs is 1. The van der Waals surface area contributed by atoms with E-state index >= 15 is 0 Å². The van der Waals surface area contributed by atoms with Gasteiger partial charge < -0.3 is 14.1 Å². The molecule has 1 N–H and O–H groups in total. The van der Waals surface area contributed by atoms with Crippen LogP contribution in [0.15, 0.2) is 50.7 Å². The van der Waals surface area contributed by atoms with Crippen molar-refractivity contribution in [2.24, 2.45) is 0 Å². The van der Waals surface area contributed by atoms with E-state index < -0.39 is 16.7 Å². The van der Waals surface area contributed by atoms with Gasteiger partial charge in [-0.05, 0) is 39.5 Å².